The van der Waals surface area contributed by atoms with Gasteiger partial charge in [-0.15, -0.1) is 0 Å². The van der Waals surface area contributed by atoms with E-state index in [9.17, 15) is 4.79 Å². The molecule has 3 aromatic rings. The van der Waals surface area contributed by atoms with Crippen molar-refractivity contribution in [2.45, 2.75) is 19.8 Å². The Hall–Kier alpha value is -2.75. The highest BCUT2D eigenvalue weighted by atomic mass is 16.2. The third kappa shape index (κ3) is 3.38. The Balaban J connectivity index is 1.44. The fourth-order valence-corrected chi connectivity index (χ4v) is 3.57. The topological polar surface area (TPSA) is 46.1 Å². The predicted molar refractivity (Wildman–Crippen MR) is 98.4 cm³/mol. The van der Waals surface area contributed by atoms with Crippen LogP contribution in [0.1, 0.15) is 28.2 Å². The lowest BCUT2D eigenvalue weighted by molar-refractivity contribution is 0.0781. The smallest absolute Gasteiger partial charge is 0.272 e. The van der Waals surface area contributed by atoms with Crippen LogP contribution in [0.15, 0.2) is 54.7 Å². The molecule has 1 aliphatic rings. The van der Waals surface area contributed by atoms with E-state index in [1.807, 2.05) is 48.4 Å². The minimum absolute atomic E-state index is 0.0443. The Morgan fingerprint density at radius 2 is 2.08 bits per heavy atom. The van der Waals surface area contributed by atoms with E-state index in [2.05, 4.69) is 22.1 Å². The number of amides is 1. The lowest BCUT2D eigenvalue weighted by Crippen LogP contribution is -2.29. The summed E-state index contributed by atoms with van der Waals surface area (Å²) in [5.41, 5.74) is 3.70. The number of likely N-dealkylation sites (tertiary alicyclic amines) is 1. The van der Waals surface area contributed by atoms with Crippen LogP contribution in [-0.2, 0) is 6.42 Å². The first-order valence-electron chi connectivity index (χ1n) is 8.75. The van der Waals surface area contributed by atoms with Gasteiger partial charge in [-0.1, -0.05) is 24.3 Å². The summed E-state index contributed by atoms with van der Waals surface area (Å²) >= 11 is 0. The molecule has 126 valence electrons. The van der Waals surface area contributed by atoms with Crippen molar-refractivity contribution in [3.63, 3.8) is 0 Å². The first-order valence-corrected chi connectivity index (χ1v) is 8.75. The average molecular weight is 331 g/mol. The van der Waals surface area contributed by atoms with Gasteiger partial charge in [-0.2, -0.15) is 0 Å². The van der Waals surface area contributed by atoms with Crippen LogP contribution in [-0.4, -0.2) is 33.9 Å². The number of rotatable bonds is 3. The van der Waals surface area contributed by atoms with Gasteiger partial charge < -0.3 is 4.90 Å². The number of nitrogens with zero attached hydrogens (tertiary/aromatic N) is 3. The molecule has 4 heteroatoms. The number of para-hydroxylation sites is 1. The molecule has 0 bridgehead atoms. The molecule has 1 aromatic carbocycles. The van der Waals surface area contributed by atoms with Crippen LogP contribution in [0.2, 0.25) is 0 Å². The molecular weight excluding hydrogens is 310 g/mol. The van der Waals surface area contributed by atoms with Crippen molar-refractivity contribution < 1.29 is 4.79 Å². The molecule has 0 N–H and O–H groups in total. The molecule has 1 amide bonds. The van der Waals surface area contributed by atoms with Gasteiger partial charge in [0.2, 0.25) is 0 Å². The molecule has 4 rings (SSSR count). The molecule has 4 nitrogen and oxygen atoms in total. The summed E-state index contributed by atoms with van der Waals surface area (Å²) in [6.45, 7) is 3.51. The quantitative estimate of drug-likeness (QED) is 0.736. The lowest BCUT2D eigenvalue weighted by Gasteiger charge is -2.16. The Morgan fingerprint density at radius 3 is 2.96 bits per heavy atom. The number of pyridine rings is 2. The summed E-state index contributed by atoms with van der Waals surface area (Å²) < 4.78 is 0. The highest BCUT2D eigenvalue weighted by molar-refractivity contribution is 5.92. The van der Waals surface area contributed by atoms with E-state index in [0.29, 0.717) is 11.6 Å². The van der Waals surface area contributed by atoms with Crippen molar-refractivity contribution >= 4 is 16.8 Å². The van der Waals surface area contributed by atoms with Crippen molar-refractivity contribution in [1.82, 2.24) is 14.9 Å². The zero-order chi connectivity index (χ0) is 17.2. The number of aryl methyl sites for hydroxylation is 1. The number of carbonyl (C=O) groups is 1. The van der Waals surface area contributed by atoms with Gasteiger partial charge in [0, 0.05) is 30.4 Å². The molecule has 1 unspecified atom stereocenters. The minimum Gasteiger partial charge on any atom is -0.337 e. The lowest BCUT2D eigenvalue weighted by atomic mass is 9.99. The minimum atomic E-state index is 0.0443. The SMILES string of the molecule is Cc1cccc(C(=O)N2CCC(Cc3cnc4ccccc4c3)C2)n1. The van der Waals surface area contributed by atoms with Gasteiger partial charge in [0.05, 0.1) is 5.52 Å². The summed E-state index contributed by atoms with van der Waals surface area (Å²) in [5, 5.41) is 1.18. The molecule has 0 radical (unpaired) electrons. The Morgan fingerprint density at radius 1 is 1.20 bits per heavy atom. The number of benzene rings is 1. The summed E-state index contributed by atoms with van der Waals surface area (Å²) in [4.78, 5) is 23.5. The predicted octanol–water partition coefficient (Wildman–Crippen LogP) is 3.64. The fourth-order valence-electron chi connectivity index (χ4n) is 3.57. The molecule has 1 fully saturated rings. The van der Waals surface area contributed by atoms with Gasteiger partial charge in [0.1, 0.15) is 5.69 Å². The zero-order valence-corrected chi connectivity index (χ0v) is 14.4. The van der Waals surface area contributed by atoms with Crippen LogP contribution in [0.5, 0.6) is 0 Å². The van der Waals surface area contributed by atoms with Crippen molar-refractivity contribution in [3.05, 3.63) is 71.7 Å². The summed E-state index contributed by atoms with van der Waals surface area (Å²) in [6, 6.07) is 16.0. The number of hydrogen-bond acceptors (Lipinski definition) is 3. The van der Waals surface area contributed by atoms with Crippen LogP contribution in [0.25, 0.3) is 10.9 Å². The van der Waals surface area contributed by atoms with Crippen molar-refractivity contribution in [1.29, 1.82) is 0 Å². The highest BCUT2D eigenvalue weighted by Gasteiger charge is 2.27. The van der Waals surface area contributed by atoms with Crippen LogP contribution >= 0.6 is 0 Å². The zero-order valence-electron chi connectivity index (χ0n) is 14.4. The highest BCUT2D eigenvalue weighted by Crippen LogP contribution is 2.23. The van der Waals surface area contributed by atoms with E-state index in [0.717, 1.165) is 37.1 Å². The van der Waals surface area contributed by atoms with Gasteiger partial charge >= 0.3 is 0 Å². The molecule has 1 aliphatic heterocycles. The second-order valence-corrected chi connectivity index (χ2v) is 6.81. The van der Waals surface area contributed by atoms with E-state index in [1.165, 1.54) is 10.9 Å². The maximum atomic E-state index is 12.6. The van der Waals surface area contributed by atoms with Gasteiger partial charge in [0.25, 0.3) is 5.91 Å². The second kappa shape index (κ2) is 6.63. The third-order valence-corrected chi connectivity index (χ3v) is 4.85. The fraction of sp³-hybridized carbons (Fsp3) is 0.286. The largest absolute Gasteiger partial charge is 0.337 e. The van der Waals surface area contributed by atoms with Crippen LogP contribution in [0.3, 0.4) is 0 Å². The summed E-state index contributed by atoms with van der Waals surface area (Å²) in [7, 11) is 0. The first kappa shape index (κ1) is 15.8. The number of carbonyl (C=O) groups excluding carboxylic acids is 1. The molecule has 1 saturated heterocycles. The Kier molecular flexibility index (Phi) is 4.18. The number of aromatic nitrogens is 2. The molecule has 2 aromatic heterocycles. The molecule has 0 spiro atoms. The number of fused-ring (bicyclic) bond motifs is 1. The van der Waals surface area contributed by atoms with Crippen LogP contribution in [0, 0.1) is 12.8 Å². The molecule has 0 saturated carbocycles. The Labute approximate surface area is 147 Å². The second-order valence-electron chi connectivity index (χ2n) is 6.81. The monoisotopic (exact) mass is 331 g/mol. The van der Waals surface area contributed by atoms with E-state index in [1.54, 1.807) is 6.07 Å². The maximum absolute atomic E-state index is 12.6. The summed E-state index contributed by atoms with van der Waals surface area (Å²) in [6.07, 6.45) is 3.96. The third-order valence-electron chi connectivity index (χ3n) is 4.85. The summed E-state index contributed by atoms with van der Waals surface area (Å²) in [5.74, 6) is 0.527. The molecular formula is C21H21N3O. The van der Waals surface area contributed by atoms with Gasteiger partial charge in [-0.05, 0) is 55.5 Å². The van der Waals surface area contributed by atoms with E-state index >= 15 is 0 Å². The van der Waals surface area contributed by atoms with Gasteiger partial charge in [-0.3, -0.25) is 9.78 Å². The van der Waals surface area contributed by atoms with Gasteiger partial charge in [-0.25, -0.2) is 4.98 Å². The Bertz CT molecular complexity index is 922. The molecule has 3 heterocycles. The van der Waals surface area contributed by atoms with E-state index in [-0.39, 0.29) is 5.91 Å². The van der Waals surface area contributed by atoms with Crippen LogP contribution in [0.4, 0.5) is 0 Å². The van der Waals surface area contributed by atoms with E-state index < -0.39 is 0 Å². The van der Waals surface area contributed by atoms with Gasteiger partial charge in [0.15, 0.2) is 0 Å². The van der Waals surface area contributed by atoms with Crippen molar-refractivity contribution in [2.24, 2.45) is 5.92 Å². The molecule has 0 aliphatic carbocycles. The number of hydrogen-bond donors (Lipinski definition) is 0. The van der Waals surface area contributed by atoms with Crippen molar-refractivity contribution in [3.8, 4) is 0 Å². The molecule has 1 atom stereocenters. The first-order chi connectivity index (χ1) is 12.2. The van der Waals surface area contributed by atoms with Crippen molar-refractivity contribution in [2.75, 3.05) is 13.1 Å². The maximum Gasteiger partial charge on any atom is 0.272 e. The molecule has 25 heavy (non-hydrogen) atoms. The standard InChI is InChI=1S/C21H21N3O/c1-15-5-4-8-20(23-15)21(25)24-10-9-16(14-24)11-17-12-18-6-2-3-7-19(18)22-13-17/h2-8,12-13,16H,9-11,14H2,1H3. The van der Waals surface area contributed by atoms with Crippen LogP contribution < -0.4 is 0 Å². The average Bonchev–Trinajstić information content (AvgIpc) is 3.09. The normalized spacial score (nSPS) is 17.2. The van der Waals surface area contributed by atoms with E-state index in [4.69, 9.17) is 0 Å².